The molecule has 0 saturated carbocycles. The molecule has 1 aliphatic heterocycles. The van der Waals surface area contributed by atoms with E-state index < -0.39 is 6.10 Å². The standard InChI is InChI=1S/C22H27NO4/c1-15(2)18-5-7-19(8-6-18)27-16(3)22(24)23-11-10-17-4-9-20-21(14-17)26-13-12-25-20/h4-9,14-16H,10-13H2,1-3H3,(H,23,24). The van der Waals surface area contributed by atoms with Gasteiger partial charge in [0, 0.05) is 6.54 Å². The van der Waals surface area contributed by atoms with Crippen LogP contribution in [0.4, 0.5) is 0 Å². The van der Waals surface area contributed by atoms with Crippen LogP contribution in [0, 0.1) is 0 Å². The van der Waals surface area contributed by atoms with E-state index in [1.165, 1.54) is 5.56 Å². The maximum Gasteiger partial charge on any atom is 0.260 e. The molecule has 0 spiro atoms. The predicted molar refractivity (Wildman–Crippen MR) is 105 cm³/mol. The molecule has 1 unspecified atom stereocenters. The lowest BCUT2D eigenvalue weighted by Gasteiger charge is -2.19. The Hall–Kier alpha value is -2.69. The maximum absolute atomic E-state index is 12.3. The summed E-state index contributed by atoms with van der Waals surface area (Å²) >= 11 is 0. The third kappa shape index (κ3) is 5.16. The second kappa shape index (κ2) is 8.80. The minimum absolute atomic E-state index is 0.125. The highest BCUT2D eigenvalue weighted by molar-refractivity contribution is 5.80. The van der Waals surface area contributed by atoms with Gasteiger partial charge in [0.05, 0.1) is 0 Å². The average molecular weight is 369 g/mol. The molecule has 0 radical (unpaired) electrons. The van der Waals surface area contributed by atoms with E-state index in [1.54, 1.807) is 6.92 Å². The smallest absolute Gasteiger partial charge is 0.260 e. The Morgan fingerprint density at radius 1 is 1.04 bits per heavy atom. The van der Waals surface area contributed by atoms with Gasteiger partial charge < -0.3 is 19.5 Å². The SMILES string of the molecule is CC(Oc1ccc(C(C)C)cc1)C(=O)NCCc1ccc2c(c1)OCCO2. The van der Waals surface area contributed by atoms with Crippen molar-refractivity contribution in [3.05, 3.63) is 53.6 Å². The summed E-state index contributed by atoms with van der Waals surface area (Å²) in [6, 6.07) is 13.8. The largest absolute Gasteiger partial charge is 0.486 e. The molecule has 0 aliphatic carbocycles. The number of amides is 1. The number of ether oxygens (including phenoxy) is 3. The molecule has 3 rings (SSSR count). The van der Waals surface area contributed by atoms with Crippen molar-refractivity contribution in [2.45, 2.75) is 39.2 Å². The number of carbonyl (C=O) groups excluding carboxylic acids is 1. The maximum atomic E-state index is 12.3. The molecule has 1 atom stereocenters. The van der Waals surface area contributed by atoms with Crippen LogP contribution >= 0.6 is 0 Å². The summed E-state index contributed by atoms with van der Waals surface area (Å²) < 4.78 is 16.8. The third-order valence-corrected chi connectivity index (χ3v) is 4.55. The lowest BCUT2D eigenvalue weighted by molar-refractivity contribution is -0.127. The molecule has 0 aromatic heterocycles. The van der Waals surface area contributed by atoms with Crippen LogP contribution in [0.25, 0.3) is 0 Å². The van der Waals surface area contributed by atoms with Crippen LogP contribution in [0.1, 0.15) is 37.8 Å². The van der Waals surface area contributed by atoms with Gasteiger partial charge in [0.2, 0.25) is 0 Å². The molecule has 2 aromatic carbocycles. The fraction of sp³-hybridized carbons (Fsp3) is 0.409. The number of rotatable bonds is 7. The van der Waals surface area contributed by atoms with E-state index in [0.29, 0.717) is 31.4 Å². The molecule has 1 amide bonds. The summed E-state index contributed by atoms with van der Waals surface area (Å²) in [5, 5.41) is 2.92. The lowest BCUT2D eigenvalue weighted by Crippen LogP contribution is -2.37. The second-order valence-corrected chi connectivity index (χ2v) is 7.00. The lowest BCUT2D eigenvalue weighted by atomic mass is 10.0. The van der Waals surface area contributed by atoms with Gasteiger partial charge in [0.1, 0.15) is 19.0 Å². The van der Waals surface area contributed by atoms with Crippen molar-refractivity contribution < 1.29 is 19.0 Å². The van der Waals surface area contributed by atoms with Gasteiger partial charge in [-0.25, -0.2) is 0 Å². The third-order valence-electron chi connectivity index (χ3n) is 4.55. The highest BCUT2D eigenvalue weighted by Gasteiger charge is 2.15. The highest BCUT2D eigenvalue weighted by atomic mass is 16.6. The molecule has 2 aromatic rings. The summed E-state index contributed by atoms with van der Waals surface area (Å²) in [5.41, 5.74) is 2.34. The van der Waals surface area contributed by atoms with Crippen molar-refractivity contribution in [1.29, 1.82) is 0 Å². The number of hydrogen-bond acceptors (Lipinski definition) is 4. The van der Waals surface area contributed by atoms with Gasteiger partial charge in [0.25, 0.3) is 5.91 Å². The van der Waals surface area contributed by atoms with Crippen molar-refractivity contribution in [1.82, 2.24) is 5.32 Å². The topological polar surface area (TPSA) is 56.8 Å². The quantitative estimate of drug-likeness (QED) is 0.808. The Bertz CT molecular complexity index is 770. The van der Waals surface area contributed by atoms with Crippen LogP contribution in [-0.4, -0.2) is 31.8 Å². The van der Waals surface area contributed by atoms with E-state index in [2.05, 4.69) is 19.2 Å². The van der Waals surface area contributed by atoms with Gasteiger partial charge in [-0.2, -0.15) is 0 Å². The van der Waals surface area contributed by atoms with Gasteiger partial charge in [-0.3, -0.25) is 4.79 Å². The summed E-state index contributed by atoms with van der Waals surface area (Å²) in [7, 11) is 0. The van der Waals surface area contributed by atoms with E-state index in [-0.39, 0.29) is 5.91 Å². The molecule has 5 nitrogen and oxygen atoms in total. The number of benzene rings is 2. The van der Waals surface area contributed by atoms with E-state index in [9.17, 15) is 4.79 Å². The van der Waals surface area contributed by atoms with Crippen LogP contribution < -0.4 is 19.5 Å². The van der Waals surface area contributed by atoms with Gasteiger partial charge >= 0.3 is 0 Å². The minimum Gasteiger partial charge on any atom is -0.486 e. The molecule has 0 saturated heterocycles. The zero-order valence-electron chi connectivity index (χ0n) is 16.2. The fourth-order valence-electron chi connectivity index (χ4n) is 2.91. The Kier molecular flexibility index (Phi) is 6.22. The zero-order chi connectivity index (χ0) is 19.2. The van der Waals surface area contributed by atoms with Gasteiger partial charge in [-0.1, -0.05) is 32.0 Å². The van der Waals surface area contributed by atoms with Gasteiger partial charge in [-0.05, 0) is 54.7 Å². The average Bonchev–Trinajstić information content (AvgIpc) is 2.68. The first-order valence-corrected chi connectivity index (χ1v) is 9.46. The molecule has 0 bridgehead atoms. The number of hydrogen-bond donors (Lipinski definition) is 1. The zero-order valence-corrected chi connectivity index (χ0v) is 16.2. The van der Waals surface area contributed by atoms with Crippen LogP contribution in [0.15, 0.2) is 42.5 Å². The Labute approximate surface area is 160 Å². The Morgan fingerprint density at radius 3 is 2.44 bits per heavy atom. The number of carbonyl (C=O) groups is 1. The van der Waals surface area contributed by atoms with Crippen molar-refractivity contribution in [3.63, 3.8) is 0 Å². The van der Waals surface area contributed by atoms with Crippen LogP contribution in [0.2, 0.25) is 0 Å². The van der Waals surface area contributed by atoms with Crippen LogP contribution in [0.3, 0.4) is 0 Å². The van der Waals surface area contributed by atoms with E-state index in [0.717, 1.165) is 23.5 Å². The van der Waals surface area contributed by atoms with Crippen molar-refractivity contribution >= 4 is 5.91 Å². The van der Waals surface area contributed by atoms with Gasteiger partial charge in [-0.15, -0.1) is 0 Å². The molecule has 1 aliphatic rings. The molecular weight excluding hydrogens is 342 g/mol. The summed E-state index contributed by atoms with van der Waals surface area (Å²) in [6.07, 6.45) is 0.174. The summed E-state index contributed by atoms with van der Waals surface area (Å²) in [4.78, 5) is 12.3. The summed E-state index contributed by atoms with van der Waals surface area (Å²) in [6.45, 7) is 7.75. The summed E-state index contributed by atoms with van der Waals surface area (Å²) in [5.74, 6) is 2.60. The molecule has 144 valence electrons. The van der Waals surface area contributed by atoms with Gasteiger partial charge in [0.15, 0.2) is 17.6 Å². The number of fused-ring (bicyclic) bond motifs is 1. The first-order chi connectivity index (χ1) is 13.0. The first-order valence-electron chi connectivity index (χ1n) is 9.46. The molecule has 0 fully saturated rings. The fourth-order valence-corrected chi connectivity index (χ4v) is 2.91. The van der Waals surface area contributed by atoms with Crippen LogP contribution in [0.5, 0.6) is 17.2 Å². The van der Waals surface area contributed by atoms with Crippen molar-refractivity contribution in [3.8, 4) is 17.2 Å². The van der Waals surface area contributed by atoms with Crippen LogP contribution in [-0.2, 0) is 11.2 Å². The van der Waals surface area contributed by atoms with Crippen molar-refractivity contribution in [2.75, 3.05) is 19.8 Å². The normalized spacial score (nSPS) is 13.9. The molecule has 27 heavy (non-hydrogen) atoms. The Balaban J connectivity index is 1.46. The molecule has 1 heterocycles. The molecule has 1 N–H and O–H groups in total. The minimum atomic E-state index is -0.546. The number of nitrogens with one attached hydrogen (secondary N) is 1. The van der Waals surface area contributed by atoms with E-state index in [1.807, 2.05) is 42.5 Å². The Morgan fingerprint density at radius 2 is 1.74 bits per heavy atom. The molecule has 5 heteroatoms. The highest BCUT2D eigenvalue weighted by Crippen LogP contribution is 2.30. The monoisotopic (exact) mass is 369 g/mol. The van der Waals surface area contributed by atoms with Crippen molar-refractivity contribution in [2.24, 2.45) is 0 Å². The molecular formula is C22H27NO4. The van der Waals surface area contributed by atoms with E-state index >= 15 is 0 Å². The predicted octanol–water partition coefficient (Wildman–Crippen LogP) is 3.71. The first kappa shape index (κ1) is 19.1. The second-order valence-electron chi connectivity index (χ2n) is 7.00. The van der Waals surface area contributed by atoms with E-state index in [4.69, 9.17) is 14.2 Å².